The number of anilines is 2. The Hall–Kier alpha value is -3.57. The van der Waals surface area contributed by atoms with Crippen LogP contribution < -0.4 is 15.8 Å². The number of urea groups is 1. The van der Waals surface area contributed by atoms with Crippen LogP contribution in [0.2, 0.25) is 0 Å². The van der Waals surface area contributed by atoms with Gasteiger partial charge in [0.1, 0.15) is 17.0 Å². The number of H-pyrrole nitrogens is 1. The number of carbonyl (C=O) groups is 1. The summed E-state index contributed by atoms with van der Waals surface area (Å²) < 4.78 is 40.2. The van der Waals surface area contributed by atoms with Gasteiger partial charge in [0.2, 0.25) is 0 Å². The highest BCUT2D eigenvalue weighted by Crippen LogP contribution is 2.42. The van der Waals surface area contributed by atoms with Crippen LogP contribution in [0.5, 0.6) is 0 Å². The molecule has 1 saturated heterocycles. The molecule has 2 aliphatic rings. The normalized spacial score (nSPS) is 22.2. The molecule has 0 spiro atoms. The molecule has 2 amide bonds. The van der Waals surface area contributed by atoms with E-state index in [4.69, 9.17) is 0 Å². The van der Waals surface area contributed by atoms with Gasteiger partial charge in [0.05, 0.1) is 11.8 Å². The number of aromatic nitrogens is 4. The zero-order valence-corrected chi connectivity index (χ0v) is 17.9. The van der Waals surface area contributed by atoms with E-state index in [0.29, 0.717) is 25.2 Å². The lowest BCUT2D eigenvalue weighted by Gasteiger charge is -2.36. The van der Waals surface area contributed by atoms with Crippen molar-refractivity contribution >= 4 is 28.7 Å². The second-order valence-electron chi connectivity index (χ2n) is 8.64. The molecule has 0 radical (unpaired) electrons. The minimum absolute atomic E-state index is 0.0927. The van der Waals surface area contributed by atoms with Gasteiger partial charge in [-0.1, -0.05) is 0 Å². The maximum absolute atomic E-state index is 13.1. The van der Waals surface area contributed by atoms with Gasteiger partial charge in [-0.25, -0.2) is 14.8 Å². The Morgan fingerprint density at radius 2 is 2.12 bits per heavy atom. The standard InChI is InChI=1S/C21H22F3N7O2/c1-29-10-12(21(22,23)24)6-15(19(29)32)28-20(33)30(2)16-7-13-5-11(16)9-31(13)17-8-26-18-14(27-17)3-4-25-18/h3-4,6,8,10-11,13,16H,5,7,9H2,1-2H3,(H,25,26)(H,28,33)/t11-,13-,16+/m1/s1. The van der Waals surface area contributed by atoms with E-state index in [2.05, 4.69) is 25.2 Å². The van der Waals surface area contributed by atoms with E-state index in [1.165, 1.54) is 11.9 Å². The number of aromatic amines is 1. The van der Waals surface area contributed by atoms with Crippen LogP contribution in [-0.2, 0) is 13.2 Å². The molecule has 2 N–H and O–H groups in total. The first-order chi connectivity index (χ1) is 15.6. The Bertz CT molecular complexity index is 1280. The third-order valence-corrected chi connectivity index (χ3v) is 6.62. The van der Waals surface area contributed by atoms with Crippen molar-refractivity contribution < 1.29 is 18.0 Å². The number of aryl methyl sites for hydroxylation is 1. The fourth-order valence-electron chi connectivity index (χ4n) is 4.95. The second kappa shape index (κ2) is 7.49. The van der Waals surface area contributed by atoms with Crippen LogP contribution in [0.25, 0.3) is 11.2 Å². The van der Waals surface area contributed by atoms with E-state index in [0.717, 1.165) is 28.0 Å². The zero-order chi connectivity index (χ0) is 23.5. The van der Waals surface area contributed by atoms with Crippen molar-refractivity contribution in [2.45, 2.75) is 31.1 Å². The van der Waals surface area contributed by atoms with Crippen molar-refractivity contribution in [3.05, 3.63) is 46.6 Å². The number of hydrogen-bond acceptors (Lipinski definition) is 5. The predicted molar refractivity (Wildman–Crippen MR) is 115 cm³/mol. The molecule has 9 nitrogen and oxygen atoms in total. The smallest absolute Gasteiger partial charge is 0.352 e. The molecule has 1 aliphatic carbocycles. The van der Waals surface area contributed by atoms with Gasteiger partial charge in [-0.15, -0.1) is 0 Å². The Kier molecular flexibility index (Phi) is 4.83. The number of hydrogen-bond donors (Lipinski definition) is 2. The van der Waals surface area contributed by atoms with Gasteiger partial charge in [-0.05, 0) is 30.9 Å². The number of amides is 2. The number of carbonyl (C=O) groups excluding carboxylic acids is 1. The molecule has 2 bridgehead atoms. The van der Waals surface area contributed by atoms with E-state index in [9.17, 15) is 22.8 Å². The lowest BCUT2D eigenvalue weighted by atomic mass is 10.0. The number of halogens is 3. The van der Waals surface area contributed by atoms with E-state index >= 15 is 0 Å². The molecule has 1 saturated carbocycles. The molecule has 174 valence electrons. The number of rotatable bonds is 3. The first-order valence-corrected chi connectivity index (χ1v) is 10.5. The van der Waals surface area contributed by atoms with Gasteiger partial charge in [0.25, 0.3) is 5.56 Å². The van der Waals surface area contributed by atoms with Gasteiger partial charge in [-0.3, -0.25) is 4.79 Å². The van der Waals surface area contributed by atoms with Crippen LogP contribution in [0.15, 0.2) is 35.5 Å². The quantitative estimate of drug-likeness (QED) is 0.625. The van der Waals surface area contributed by atoms with Gasteiger partial charge in [0, 0.05) is 45.1 Å². The van der Waals surface area contributed by atoms with E-state index in [1.807, 2.05) is 6.07 Å². The first kappa shape index (κ1) is 21.3. The number of alkyl halides is 3. The second-order valence-corrected chi connectivity index (χ2v) is 8.64. The predicted octanol–water partition coefficient (Wildman–Crippen LogP) is 2.81. The fraction of sp³-hybridized carbons (Fsp3) is 0.429. The zero-order valence-electron chi connectivity index (χ0n) is 17.9. The van der Waals surface area contributed by atoms with Crippen molar-refractivity contribution in [2.24, 2.45) is 13.0 Å². The Balaban J connectivity index is 1.29. The highest BCUT2D eigenvalue weighted by atomic mass is 19.4. The first-order valence-electron chi connectivity index (χ1n) is 10.5. The summed E-state index contributed by atoms with van der Waals surface area (Å²) in [6.07, 6.45) is 1.17. The maximum atomic E-state index is 13.1. The molecule has 3 aromatic heterocycles. The molecule has 2 fully saturated rings. The maximum Gasteiger partial charge on any atom is 0.417 e. The monoisotopic (exact) mass is 461 g/mol. The summed E-state index contributed by atoms with van der Waals surface area (Å²) in [6.45, 7) is 0.697. The lowest BCUT2D eigenvalue weighted by molar-refractivity contribution is -0.138. The number of nitrogens with one attached hydrogen (secondary N) is 2. The summed E-state index contributed by atoms with van der Waals surface area (Å²) in [5.74, 6) is 0.964. The third-order valence-electron chi connectivity index (χ3n) is 6.62. The molecule has 1 aliphatic heterocycles. The van der Waals surface area contributed by atoms with Crippen LogP contribution in [0, 0.1) is 5.92 Å². The topological polar surface area (TPSA) is 99.1 Å². The van der Waals surface area contributed by atoms with Gasteiger partial charge in [0.15, 0.2) is 5.65 Å². The minimum atomic E-state index is -4.63. The van der Waals surface area contributed by atoms with Crippen molar-refractivity contribution in [1.82, 2.24) is 24.4 Å². The van der Waals surface area contributed by atoms with Crippen molar-refractivity contribution in [2.75, 3.05) is 23.8 Å². The third kappa shape index (κ3) is 3.68. The lowest BCUT2D eigenvalue weighted by Crippen LogP contribution is -2.48. The van der Waals surface area contributed by atoms with Crippen LogP contribution >= 0.6 is 0 Å². The molecule has 0 unspecified atom stereocenters. The van der Waals surface area contributed by atoms with Gasteiger partial charge in [-0.2, -0.15) is 13.2 Å². The van der Waals surface area contributed by atoms with Crippen LogP contribution in [0.3, 0.4) is 0 Å². The number of piperidine rings is 1. The summed E-state index contributed by atoms with van der Waals surface area (Å²) >= 11 is 0. The van der Waals surface area contributed by atoms with Crippen LogP contribution in [0.4, 0.5) is 29.5 Å². The molecule has 0 aromatic carbocycles. The number of pyridine rings is 1. The van der Waals surface area contributed by atoms with Gasteiger partial charge < -0.3 is 24.7 Å². The SMILES string of the molecule is CN(C(=O)Nc1cc(C(F)(F)F)cn(C)c1=O)[C@H]1C[C@H]2C[C@@H]1CN2c1cnc2[nH]ccc2n1. The molecule has 3 atom stereocenters. The number of fused-ring (bicyclic) bond motifs is 3. The van der Waals surface area contributed by atoms with E-state index in [1.54, 1.807) is 19.4 Å². The van der Waals surface area contributed by atoms with E-state index < -0.39 is 29.0 Å². The summed E-state index contributed by atoms with van der Waals surface area (Å²) in [5.41, 5.74) is -0.602. The highest BCUT2D eigenvalue weighted by Gasteiger charge is 2.47. The van der Waals surface area contributed by atoms with Crippen LogP contribution in [-0.4, -0.2) is 56.1 Å². The minimum Gasteiger partial charge on any atom is -0.352 e. The molecule has 4 heterocycles. The average Bonchev–Trinajstić information content (AvgIpc) is 3.50. The summed E-state index contributed by atoms with van der Waals surface area (Å²) in [5, 5.41) is 2.37. The molecular formula is C21H22F3N7O2. The summed E-state index contributed by atoms with van der Waals surface area (Å²) in [7, 11) is 2.82. The molecule has 3 aromatic rings. The summed E-state index contributed by atoms with van der Waals surface area (Å²) in [4.78, 5) is 40.8. The highest BCUT2D eigenvalue weighted by molar-refractivity contribution is 5.89. The largest absolute Gasteiger partial charge is 0.417 e. The van der Waals surface area contributed by atoms with Gasteiger partial charge >= 0.3 is 12.2 Å². The van der Waals surface area contributed by atoms with Crippen molar-refractivity contribution in [3.8, 4) is 0 Å². The Morgan fingerprint density at radius 3 is 2.82 bits per heavy atom. The molecule has 5 rings (SSSR count). The molecule has 33 heavy (non-hydrogen) atoms. The van der Waals surface area contributed by atoms with Crippen LogP contribution in [0.1, 0.15) is 18.4 Å². The average molecular weight is 461 g/mol. The fourth-order valence-corrected chi connectivity index (χ4v) is 4.95. The van der Waals surface area contributed by atoms with Crippen molar-refractivity contribution in [3.63, 3.8) is 0 Å². The molecule has 12 heteroatoms. The molecular weight excluding hydrogens is 439 g/mol. The Labute approximate surface area is 186 Å². The number of nitrogens with zero attached hydrogens (tertiary/aromatic N) is 5. The summed E-state index contributed by atoms with van der Waals surface area (Å²) in [6, 6.07) is 2.02. The van der Waals surface area contributed by atoms with E-state index in [-0.39, 0.29) is 18.0 Å². The Morgan fingerprint density at radius 1 is 1.33 bits per heavy atom. The van der Waals surface area contributed by atoms with Crippen molar-refractivity contribution in [1.29, 1.82) is 0 Å².